The van der Waals surface area contributed by atoms with Gasteiger partial charge in [0.1, 0.15) is 0 Å². The fourth-order valence-electron chi connectivity index (χ4n) is 1.07. The molecule has 0 saturated heterocycles. The molecule has 3 amide bonds. The molecule has 0 radical (unpaired) electrons. The van der Waals surface area contributed by atoms with Crippen molar-refractivity contribution in [2.75, 3.05) is 0 Å². The maximum Gasteiger partial charge on any atom is 0.391 e. The molecule has 0 aromatic heterocycles. The number of carbonyl (C=O) groups excluding carboxylic acids is 2. The van der Waals surface area contributed by atoms with Gasteiger partial charge in [-0.15, -0.1) is 0 Å². The summed E-state index contributed by atoms with van der Waals surface area (Å²) in [5.74, 6) is -2.08. The van der Waals surface area contributed by atoms with Gasteiger partial charge in [-0.05, 0) is 6.92 Å². The van der Waals surface area contributed by atoms with Crippen molar-refractivity contribution in [3.63, 3.8) is 0 Å². The Morgan fingerprint density at radius 2 is 1.78 bits per heavy atom. The number of amides is 3. The van der Waals surface area contributed by atoms with Crippen LogP contribution in [0.2, 0.25) is 0 Å². The molecule has 0 heterocycles. The Kier molecular flexibility index (Phi) is 6.14. The fourth-order valence-corrected chi connectivity index (χ4v) is 1.07. The molecule has 104 valence electrons. The molecule has 9 heteroatoms. The predicted octanol–water partition coefficient (Wildman–Crippen LogP) is 1.02. The Hall–Kier alpha value is -1.80. The number of carbonyl (C=O) groups is 3. The van der Waals surface area contributed by atoms with Gasteiger partial charge in [-0.3, -0.25) is 14.9 Å². The van der Waals surface area contributed by atoms with Crippen LogP contribution in [0.25, 0.3) is 0 Å². The third-order valence-electron chi connectivity index (χ3n) is 1.73. The van der Waals surface area contributed by atoms with E-state index in [1.54, 1.807) is 5.32 Å². The van der Waals surface area contributed by atoms with Crippen LogP contribution in [0.15, 0.2) is 0 Å². The maximum absolute atomic E-state index is 11.9. The standard InChI is InChI=1S/C9H13F3N2O4/c1-5(4-9(10,11)12)13-8(18)14-6(15)2-3-7(16)17/h5H,2-4H2,1H3,(H,16,17)(H2,13,14,15,18). The number of aliphatic carboxylic acids is 1. The topological polar surface area (TPSA) is 95.5 Å². The van der Waals surface area contributed by atoms with Crippen LogP contribution in [0.3, 0.4) is 0 Å². The molecular weight excluding hydrogens is 257 g/mol. The molecule has 0 aliphatic carbocycles. The predicted molar refractivity (Wildman–Crippen MR) is 53.7 cm³/mol. The first-order valence-electron chi connectivity index (χ1n) is 4.99. The van der Waals surface area contributed by atoms with E-state index in [1.165, 1.54) is 0 Å². The molecule has 0 fully saturated rings. The Morgan fingerprint density at radius 3 is 2.22 bits per heavy atom. The Balaban J connectivity index is 3.96. The number of imide groups is 1. The van der Waals surface area contributed by atoms with Crippen LogP contribution >= 0.6 is 0 Å². The van der Waals surface area contributed by atoms with Crippen LogP contribution < -0.4 is 10.6 Å². The Labute approximate surface area is 101 Å². The average Bonchev–Trinajstić information content (AvgIpc) is 2.10. The molecule has 0 saturated carbocycles. The Bertz CT molecular complexity index is 330. The van der Waals surface area contributed by atoms with E-state index in [2.05, 4.69) is 0 Å². The molecule has 18 heavy (non-hydrogen) atoms. The highest BCUT2D eigenvalue weighted by Gasteiger charge is 2.30. The van der Waals surface area contributed by atoms with Crippen molar-refractivity contribution in [3.8, 4) is 0 Å². The zero-order valence-electron chi connectivity index (χ0n) is 9.50. The highest BCUT2D eigenvalue weighted by molar-refractivity contribution is 5.95. The molecule has 0 aromatic carbocycles. The highest BCUT2D eigenvalue weighted by atomic mass is 19.4. The van der Waals surface area contributed by atoms with Crippen molar-refractivity contribution in [2.45, 2.75) is 38.4 Å². The summed E-state index contributed by atoms with van der Waals surface area (Å²) in [7, 11) is 0. The van der Waals surface area contributed by atoms with E-state index in [9.17, 15) is 27.6 Å². The number of hydrogen-bond acceptors (Lipinski definition) is 3. The average molecular weight is 270 g/mol. The lowest BCUT2D eigenvalue weighted by Crippen LogP contribution is -2.44. The van der Waals surface area contributed by atoms with Gasteiger partial charge in [0.05, 0.1) is 12.8 Å². The van der Waals surface area contributed by atoms with Gasteiger partial charge in [-0.2, -0.15) is 13.2 Å². The molecule has 1 atom stereocenters. The number of halogens is 3. The molecule has 1 unspecified atom stereocenters. The molecule has 0 rings (SSSR count). The molecule has 0 aliphatic rings. The van der Waals surface area contributed by atoms with E-state index in [0.717, 1.165) is 6.92 Å². The number of rotatable bonds is 5. The summed E-state index contributed by atoms with van der Waals surface area (Å²) in [4.78, 5) is 32.1. The first-order valence-corrected chi connectivity index (χ1v) is 4.99. The summed E-state index contributed by atoms with van der Waals surface area (Å²) in [6.07, 6.45) is -6.52. The fraction of sp³-hybridized carbons (Fsp3) is 0.667. The smallest absolute Gasteiger partial charge is 0.391 e. The van der Waals surface area contributed by atoms with Crippen LogP contribution in [0.1, 0.15) is 26.2 Å². The zero-order valence-corrected chi connectivity index (χ0v) is 9.50. The lowest BCUT2D eigenvalue weighted by atomic mass is 10.2. The number of hydrogen-bond donors (Lipinski definition) is 3. The van der Waals surface area contributed by atoms with Gasteiger partial charge < -0.3 is 10.4 Å². The summed E-state index contributed by atoms with van der Waals surface area (Å²) >= 11 is 0. The minimum absolute atomic E-state index is 0.420. The van der Waals surface area contributed by atoms with Crippen molar-refractivity contribution >= 4 is 17.9 Å². The molecule has 0 aliphatic heterocycles. The second kappa shape index (κ2) is 6.82. The minimum Gasteiger partial charge on any atom is -0.481 e. The van der Waals surface area contributed by atoms with Crippen molar-refractivity contribution in [2.24, 2.45) is 0 Å². The molecular formula is C9H13F3N2O4. The van der Waals surface area contributed by atoms with Crippen molar-refractivity contribution in [1.82, 2.24) is 10.6 Å². The summed E-state index contributed by atoms with van der Waals surface area (Å²) < 4.78 is 35.8. The summed E-state index contributed by atoms with van der Waals surface area (Å²) in [6, 6.07) is -2.26. The van der Waals surface area contributed by atoms with E-state index in [0.29, 0.717) is 0 Å². The SMILES string of the molecule is CC(CC(F)(F)F)NC(=O)NC(=O)CCC(=O)O. The monoisotopic (exact) mass is 270 g/mol. The van der Waals surface area contributed by atoms with Gasteiger partial charge >= 0.3 is 18.2 Å². The van der Waals surface area contributed by atoms with Gasteiger partial charge in [0.2, 0.25) is 5.91 Å². The zero-order chi connectivity index (χ0) is 14.3. The van der Waals surface area contributed by atoms with Crippen LogP contribution in [0, 0.1) is 0 Å². The number of urea groups is 1. The van der Waals surface area contributed by atoms with Gasteiger partial charge in [0, 0.05) is 12.5 Å². The first-order chi connectivity index (χ1) is 8.10. The van der Waals surface area contributed by atoms with Crippen LogP contribution in [0.5, 0.6) is 0 Å². The van der Waals surface area contributed by atoms with E-state index < -0.39 is 49.4 Å². The van der Waals surface area contributed by atoms with E-state index in [1.807, 2.05) is 5.32 Å². The number of carboxylic acids is 1. The van der Waals surface area contributed by atoms with Crippen molar-refractivity contribution < 1.29 is 32.7 Å². The second-order valence-corrected chi connectivity index (χ2v) is 3.64. The minimum atomic E-state index is -4.42. The second-order valence-electron chi connectivity index (χ2n) is 3.64. The van der Waals surface area contributed by atoms with Crippen LogP contribution in [-0.2, 0) is 9.59 Å². The summed E-state index contributed by atoms with van der Waals surface area (Å²) in [6.45, 7) is 1.13. The van der Waals surface area contributed by atoms with Crippen LogP contribution in [0.4, 0.5) is 18.0 Å². The highest BCUT2D eigenvalue weighted by Crippen LogP contribution is 2.21. The lowest BCUT2D eigenvalue weighted by Gasteiger charge is -2.15. The quantitative estimate of drug-likeness (QED) is 0.695. The van der Waals surface area contributed by atoms with Gasteiger partial charge in [-0.25, -0.2) is 4.79 Å². The third kappa shape index (κ3) is 9.43. The van der Waals surface area contributed by atoms with Crippen molar-refractivity contribution in [1.29, 1.82) is 0 Å². The molecule has 3 N–H and O–H groups in total. The Morgan fingerprint density at radius 1 is 1.22 bits per heavy atom. The van der Waals surface area contributed by atoms with Crippen LogP contribution in [-0.4, -0.2) is 35.2 Å². The van der Waals surface area contributed by atoms with E-state index in [4.69, 9.17) is 5.11 Å². The van der Waals surface area contributed by atoms with E-state index >= 15 is 0 Å². The third-order valence-corrected chi connectivity index (χ3v) is 1.73. The van der Waals surface area contributed by atoms with Gasteiger partial charge in [0.25, 0.3) is 0 Å². The lowest BCUT2D eigenvalue weighted by molar-refractivity contribution is -0.139. The molecule has 0 bridgehead atoms. The summed E-state index contributed by atoms with van der Waals surface area (Å²) in [5, 5.41) is 11.9. The van der Waals surface area contributed by atoms with E-state index in [-0.39, 0.29) is 0 Å². The largest absolute Gasteiger partial charge is 0.481 e. The molecule has 0 spiro atoms. The molecule has 0 aromatic rings. The summed E-state index contributed by atoms with van der Waals surface area (Å²) in [5.41, 5.74) is 0. The van der Waals surface area contributed by atoms with Crippen molar-refractivity contribution in [3.05, 3.63) is 0 Å². The van der Waals surface area contributed by atoms with Gasteiger partial charge in [-0.1, -0.05) is 0 Å². The number of nitrogens with one attached hydrogen (secondary N) is 2. The first kappa shape index (κ1) is 16.2. The number of alkyl halides is 3. The normalized spacial score (nSPS) is 12.7. The molecule has 6 nitrogen and oxygen atoms in total. The van der Waals surface area contributed by atoms with Gasteiger partial charge in [0.15, 0.2) is 0 Å². The number of carboxylic acid groups (broad SMARTS) is 1. The maximum atomic E-state index is 11.9.